The molecule has 1 fully saturated rings. The summed E-state index contributed by atoms with van der Waals surface area (Å²) < 4.78 is 0. The van der Waals surface area contributed by atoms with E-state index in [1.54, 1.807) is 0 Å². The number of aliphatic hydroxyl groups is 1. The van der Waals surface area contributed by atoms with E-state index in [1.807, 2.05) is 0 Å². The van der Waals surface area contributed by atoms with Gasteiger partial charge in [0.15, 0.2) is 0 Å². The van der Waals surface area contributed by atoms with E-state index >= 15 is 0 Å². The Balaban J connectivity index is 1.79. The average molecular weight is 272 g/mol. The van der Waals surface area contributed by atoms with Gasteiger partial charge in [-0.25, -0.2) is 4.98 Å². The summed E-state index contributed by atoms with van der Waals surface area (Å²) in [6.07, 6.45) is 6.52. The van der Waals surface area contributed by atoms with Crippen LogP contribution in [-0.4, -0.2) is 21.7 Å². The Morgan fingerprint density at radius 2 is 2.15 bits per heavy atom. The second-order valence-electron chi connectivity index (χ2n) is 6.79. The van der Waals surface area contributed by atoms with Gasteiger partial charge in [-0.05, 0) is 30.0 Å². The fraction of sp³-hybridized carbons (Fsp3) is 0.588. The number of aliphatic hydroxyl groups excluding tert-OH is 1. The van der Waals surface area contributed by atoms with Crippen LogP contribution in [0.15, 0.2) is 18.2 Å². The zero-order valence-electron chi connectivity index (χ0n) is 12.4. The van der Waals surface area contributed by atoms with Gasteiger partial charge >= 0.3 is 0 Å². The maximum atomic E-state index is 9.48. The van der Waals surface area contributed by atoms with Gasteiger partial charge in [-0.3, -0.25) is 0 Å². The van der Waals surface area contributed by atoms with Crippen LogP contribution in [-0.2, 0) is 11.8 Å². The molecule has 3 rings (SSSR count). The lowest BCUT2D eigenvalue weighted by molar-refractivity contribution is 0.218. The first-order valence-electron chi connectivity index (χ1n) is 7.68. The first-order chi connectivity index (χ1) is 9.58. The van der Waals surface area contributed by atoms with E-state index in [1.165, 1.54) is 25.7 Å². The highest BCUT2D eigenvalue weighted by Crippen LogP contribution is 2.30. The van der Waals surface area contributed by atoms with Gasteiger partial charge in [0.25, 0.3) is 0 Å². The molecule has 3 nitrogen and oxygen atoms in total. The van der Waals surface area contributed by atoms with Gasteiger partial charge < -0.3 is 10.1 Å². The molecule has 0 spiro atoms. The molecule has 1 aliphatic rings. The van der Waals surface area contributed by atoms with Crippen molar-refractivity contribution in [1.82, 2.24) is 9.97 Å². The topological polar surface area (TPSA) is 48.9 Å². The van der Waals surface area contributed by atoms with Crippen LogP contribution in [0.3, 0.4) is 0 Å². The number of imidazole rings is 1. The van der Waals surface area contributed by atoms with E-state index < -0.39 is 0 Å². The van der Waals surface area contributed by atoms with Crippen LogP contribution in [0.4, 0.5) is 0 Å². The third kappa shape index (κ3) is 2.59. The van der Waals surface area contributed by atoms with Crippen LogP contribution in [0, 0.1) is 5.92 Å². The van der Waals surface area contributed by atoms with Gasteiger partial charge in [-0.1, -0.05) is 39.2 Å². The van der Waals surface area contributed by atoms with E-state index in [4.69, 9.17) is 0 Å². The highest BCUT2D eigenvalue weighted by Gasteiger charge is 2.20. The molecule has 1 saturated carbocycles. The van der Waals surface area contributed by atoms with Crippen molar-refractivity contribution in [1.29, 1.82) is 0 Å². The van der Waals surface area contributed by atoms with Crippen molar-refractivity contribution in [2.45, 2.75) is 51.4 Å². The summed E-state index contributed by atoms with van der Waals surface area (Å²) in [4.78, 5) is 8.12. The number of fused-ring (bicyclic) bond motifs is 1. The monoisotopic (exact) mass is 272 g/mol. The zero-order valence-corrected chi connectivity index (χ0v) is 12.4. The van der Waals surface area contributed by atoms with E-state index in [-0.39, 0.29) is 12.0 Å². The number of nitrogens with one attached hydrogen (secondary N) is 1. The fourth-order valence-corrected chi connectivity index (χ4v) is 2.82. The van der Waals surface area contributed by atoms with Crippen molar-refractivity contribution in [3.63, 3.8) is 0 Å². The Bertz CT molecular complexity index is 596. The van der Waals surface area contributed by atoms with Gasteiger partial charge in [-0.2, -0.15) is 0 Å². The molecule has 0 saturated heterocycles. The Morgan fingerprint density at radius 3 is 2.80 bits per heavy atom. The van der Waals surface area contributed by atoms with Gasteiger partial charge in [0.2, 0.25) is 0 Å². The number of hydrogen-bond donors (Lipinski definition) is 2. The van der Waals surface area contributed by atoms with E-state index in [9.17, 15) is 5.11 Å². The minimum atomic E-state index is -0.203. The lowest BCUT2D eigenvalue weighted by Gasteiger charge is -2.24. The average Bonchev–Trinajstić information content (AvgIpc) is 2.78. The predicted octanol–water partition coefficient (Wildman–Crippen LogP) is 3.57. The largest absolute Gasteiger partial charge is 0.395 e. The lowest BCUT2D eigenvalue weighted by atomic mass is 9.82. The summed E-state index contributed by atoms with van der Waals surface area (Å²) in [5.74, 6) is 2.03. The second kappa shape index (κ2) is 5.21. The quantitative estimate of drug-likeness (QED) is 0.874. The molecule has 1 heterocycles. The molecule has 1 aromatic heterocycles. The molecular formula is C17H24N2O. The first-order valence-corrected chi connectivity index (χ1v) is 7.68. The number of aromatic nitrogens is 2. The van der Waals surface area contributed by atoms with E-state index in [0.717, 1.165) is 34.8 Å². The van der Waals surface area contributed by atoms with Crippen LogP contribution in [0.2, 0.25) is 0 Å². The van der Waals surface area contributed by atoms with E-state index in [0.29, 0.717) is 0 Å². The summed E-state index contributed by atoms with van der Waals surface area (Å²) in [5.41, 5.74) is 3.08. The zero-order chi connectivity index (χ0) is 14.2. The third-order valence-electron chi connectivity index (χ3n) is 4.72. The molecule has 108 valence electrons. The van der Waals surface area contributed by atoms with Gasteiger partial charge in [-0.15, -0.1) is 0 Å². The SMILES string of the molecule is CC(C)(CO)c1ccc2nc(CCC3CCC3)[nH]c2c1. The standard InChI is InChI=1S/C17H24N2O/c1-17(2,11-20)13-7-8-14-15(10-13)19-16(18-14)9-6-12-4-3-5-12/h7-8,10,12,20H,3-6,9,11H2,1-2H3,(H,18,19). The van der Waals surface area contributed by atoms with Crippen LogP contribution in [0.5, 0.6) is 0 Å². The van der Waals surface area contributed by atoms with Crippen molar-refractivity contribution < 1.29 is 5.11 Å². The summed E-state index contributed by atoms with van der Waals surface area (Å²) in [7, 11) is 0. The van der Waals surface area contributed by atoms with Gasteiger partial charge in [0.05, 0.1) is 17.6 Å². The molecule has 0 atom stereocenters. The van der Waals surface area contributed by atoms with Crippen molar-refractivity contribution >= 4 is 11.0 Å². The highest BCUT2D eigenvalue weighted by atomic mass is 16.3. The number of H-pyrrole nitrogens is 1. The number of hydrogen-bond acceptors (Lipinski definition) is 2. The van der Waals surface area contributed by atoms with Gasteiger partial charge in [0.1, 0.15) is 5.82 Å². The van der Waals surface area contributed by atoms with Crippen molar-refractivity contribution in [3.05, 3.63) is 29.6 Å². The Morgan fingerprint density at radius 1 is 1.35 bits per heavy atom. The van der Waals surface area contributed by atoms with Crippen molar-refractivity contribution in [2.75, 3.05) is 6.61 Å². The Hall–Kier alpha value is -1.35. The second-order valence-corrected chi connectivity index (χ2v) is 6.79. The molecule has 2 N–H and O–H groups in total. The number of benzene rings is 1. The molecule has 0 radical (unpaired) electrons. The molecule has 2 aromatic rings. The number of rotatable bonds is 5. The molecule has 20 heavy (non-hydrogen) atoms. The summed E-state index contributed by atoms with van der Waals surface area (Å²) in [5, 5.41) is 9.48. The molecule has 0 unspecified atom stereocenters. The number of nitrogens with zero attached hydrogens (tertiary/aromatic N) is 1. The first kappa shape index (κ1) is 13.6. The predicted molar refractivity (Wildman–Crippen MR) is 81.9 cm³/mol. The van der Waals surface area contributed by atoms with Gasteiger partial charge in [0, 0.05) is 11.8 Å². The Kier molecular flexibility index (Phi) is 3.55. The van der Waals surface area contributed by atoms with E-state index in [2.05, 4.69) is 42.0 Å². The summed E-state index contributed by atoms with van der Waals surface area (Å²) in [6.45, 7) is 4.27. The molecule has 0 amide bonds. The van der Waals surface area contributed by atoms with Crippen molar-refractivity contribution in [3.8, 4) is 0 Å². The molecule has 0 bridgehead atoms. The minimum absolute atomic E-state index is 0.154. The van der Waals surface area contributed by atoms with Crippen LogP contribution < -0.4 is 0 Å². The molecular weight excluding hydrogens is 248 g/mol. The maximum absolute atomic E-state index is 9.48. The molecule has 3 heteroatoms. The lowest BCUT2D eigenvalue weighted by Crippen LogP contribution is -2.21. The molecule has 1 aromatic carbocycles. The van der Waals surface area contributed by atoms with Crippen molar-refractivity contribution in [2.24, 2.45) is 5.92 Å². The number of aromatic amines is 1. The number of aryl methyl sites for hydroxylation is 1. The molecule has 1 aliphatic carbocycles. The highest BCUT2D eigenvalue weighted by molar-refractivity contribution is 5.76. The fourth-order valence-electron chi connectivity index (χ4n) is 2.82. The maximum Gasteiger partial charge on any atom is 0.107 e. The van der Waals surface area contributed by atoms with Crippen LogP contribution in [0.25, 0.3) is 11.0 Å². The smallest absolute Gasteiger partial charge is 0.107 e. The molecule has 0 aliphatic heterocycles. The normalized spacial score (nSPS) is 16.6. The third-order valence-corrected chi connectivity index (χ3v) is 4.72. The summed E-state index contributed by atoms with van der Waals surface area (Å²) >= 11 is 0. The van der Waals surface area contributed by atoms with Crippen LogP contribution >= 0.6 is 0 Å². The Labute approximate surface area is 120 Å². The minimum Gasteiger partial charge on any atom is -0.395 e. The summed E-state index contributed by atoms with van der Waals surface area (Å²) in [6, 6.07) is 6.27. The van der Waals surface area contributed by atoms with Crippen LogP contribution in [0.1, 0.15) is 50.9 Å².